The third-order valence-electron chi connectivity index (χ3n) is 4.52. The van der Waals surface area contributed by atoms with Crippen LogP contribution < -0.4 is 10.1 Å². The van der Waals surface area contributed by atoms with Gasteiger partial charge in [0, 0.05) is 6.20 Å². The maximum absolute atomic E-state index is 12.9. The van der Waals surface area contributed by atoms with Crippen molar-refractivity contribution in [2.75, 3.05) is 12.4 Å². The van der Waals surface area contributed by atoms with Crippen molar-refractivity contribution in [1.82, 2.24) is 14.6 Å². The Kier molecular flexibility index (Phi) is 4.41. The zero-order valence-electron chi connectivity index (χ0n) is 15.4. The number of aromatic hydroxyl groups is 1. The molecule has 0 aliphatic heterocycles. The quantitative estimate of drug-likeness (QED) is 0.532. The summed E-state index contributed by atoms with van der Waals surface area (Å²) in [5.41, 5.74) is 2.66. The van der Waals surface area contributed by atoms with Crippen molar-refractivity contribution < 1.29 is 14.6 Å². The highest BCUT2D eigenvalue weighted by atomic mass is 16.5. The maximum Gasteiger partial charge on any atom is 0.259 e. The summed E-state index contributed by atoms with van der Waals surface area (Å²) in [7, 11) is 1.59. The minimum Gasteiger partial charge on any atom is -0.506 e. The number of carbonyl (C=O) groups excluding carboxylic acids is 1. The number of phenolic OH excluding ortho intramolecular Hbond substituents is 1. The van der Waals surface area contributed by atoms with E-state index in [1.165, 1.54) is 6.07 Å². The van der Waals surface area contributed by atoms with Crippen molar-refractivity contribution in [1.29, 1.82) is 0 Å². The molecule has 0 aliphatic carbocycles. The highest BCUT2D eigenvalue weighted by molar-refractivity contribution is 6.09. The van der Waals surface area contributed by atoms with Gasteiger partial charge in [-0.2, -0.15) is 0 Å². The highest BCUT2D eigenvalue weighted by Crippen LogP contribution is 2.30. The molecular weight excluding hydrogens is 356 g/mol. The van der Waals surface area contributed by atoms with E-state index in [4.69, 9.17) is 4.74 Å². The molecule has 4 aromatic rings. The Morgan fingerprint density at radius 3 is 2.68 bits per heavy atom. The first-order valence-corrected chi connectivity index (χ1v) is 8.67. The summed E-state index contributed by atoms with van der Waals surface area (Å²) in [5, 5.41) is 21.3. The molecule has 2 N–H and O–H groups in total. The minimum atomic E-state index is -0.380. The Labute approximate surface area is 161 Å². The van der Waals surface area contributed by atoms with Crippen LogP contribution in [-0.2, 0) is 0 Å². The molecule has 0 saturated carbocycles. The van der Waals surface area contributed by atoms with Crippen LogP contribution in [0, 0.1) is 6.92 Å². The zero-order chi connectivity index (χ0) is 19.7. The second-order valence-corrected chi connectivity index (χ2v) is 6.26. The molecular formula is C21H18N4O3. The number of nitrogens with one attached hydrogen (secondary N) is 1. The predicted octanol–water partition coefficient (Wildman–Crippen LogP) is 3.67. The lowest BCUT2D eigenvalue weighted by Crippen LogP contribution is -2.14. The molecule has 28 heavy (non-hydrogen) atoms. The molecule has 140 valence electrons. The van der Waals surface area contributed by atoms with Gasteiger partial charge in [-0.25, -0.2) is 0 Å². The number of benzene rings is 2. The molecule has 7 nitrogen and oxygen atoms in total. The van der Waals surface area contributed by atoms with Crippen LogP contribution in [0.4, 0.5) is 5.69 Å². The highest BCUT2D eigenvalue weighted by Gasteiger charge is 2.19. The fourth-order valence-electron chi connectivity index (χ4n) is 3.10. The number of phenols is 1. The second-order valence-electron chi connectivity index (χ2n) is 6.26. The molecule has 0 saturated heterocycles. The topological polar surface area (TPSA) is 88.8 Å². The monoisotopic (exact) mass is 374 g/mol. The van der Waals surface area contributed by atoms with Crippen LogP contribution in [0.25, 0.3) is 17.0 Å². The van der Waals surface area contributed by atoms with E-state index >= 15 is 0 Å². The van der Waals surface area contributed by atoms with Gasteiger partial charge in [-0.1, -0.05) is 24.3 Å². The van der Waals surface area contributed by atoms with Crippen LogP contribution in [0.1, 0.15) is 15.9 Å². The van der Waals surface area contributed by atoms with Gasteiger partial charge in [-0.05, 0) is 42.8 Å². The number of aromatic nitrogens is 3. The molecule has 4 rings (SSSR count). The number of fused-ring (bicyclic) bond motifs is 1. The lowest BCUT2D eigenvalue weighted by Gasteiger charge is -2.11. The van der Waals surface area contributed by atoms with Gasteiger partial charge >= 0.3 is 0 Å². The molecule has 0 radical (unpaired) electrons. The number of rotatable bonds is 4. The number of hydrogen-bond acceptors (Lipinski definition) is 5. The van der Waals surface area contributed by atoms with Gasteiger partial charge in [-0.3, -0.25) is 9.20 Å². The molecule has 7 heteroatoms. The van der Waals surface area contributed by atoms with E-state index < -0.39 is 0 Å². The van der Waals surface area contributed by atoms with Crippen molar-refractivity contribution in [2.24, 2.45) is 0 Å². The Hall–Kier alpha value is -3.87. The molecule has 0 atom stereocenters. The Balaban J connectivity index is 1.78. The number of aryl methyl sites for hydroxylation is 1. The molecule has 0 spiro atoms. The van der Waals surface area contributed by atoms with E-state index in [1.54, 1.807) is 35.9 Å². The number of nitrogens with zero attached hydrogens (tertiary/aromatic N) is 3. The number of methoxy groups -OCH3 is 1. The van der Waals surface area contributed by atoms with Gasteiger partial charge < -0.3 is 15.2 Å². The fraction of sp³-hybridized carbons (Fsp3) is 0.0952. The van der Waals surface area contributed by atoms with Gasteiger partial charge in [-0.15, -0.1) is 10.2 Å². The zero-order valence-corrected chi connectivity index (χ0v) is 15.4. The van der Waals surface area contributed by atoms with E-state index in [1.807, 2.05) is 37.3 Å². The molecule has 0 aliphatic rings. The molecule has 0 fully saturated rings. The number of amides is 1. The summed E-state index contributed by atoms with van der Waals surface area (Å²) >= 11 is 0. The van der Waals surface area contributed by atoms with Gasteiger partial charge in [0.25, 0.3) is 5.91 Å². The summed E-state index contributed by atoms with van der Waals surface area (Å²) in [4.78, 5) is 12.9. The van der Waals surface area contributed by atoms with Gasteiger partial charge in [0.2, 0.25) is 0 Å². The summed E-state index contributed by atoms with van der Waals surface area (Å²) in [5.74, 6) is 0.864. The van der Waals surface area contributed by atoms with Gasteiger partial charge in [0.15, 0.2) is 11.5 Å². The van der Waals surface area contributed by atoms with Crippen LogP contribution in [0.15, 0.2) is 60.8 Å². The van der Waals surface area contributed by atoms with E-state index in [0.717, 1.165) is 11.1 Å². The van der Waals surface area contributed by atoms with Crippen LogP contribution in [0.2, 0.25) is 0 Å². The summed E-state index contributed by atoms with van der Waals surface area (Å²) in [6, 6.07) is 16.0. The van der Waals surface area contributed by atoms with Crippen LogP contribution >= 0.6 is 0 Å². The Bertz CT molecular complexity index is 1160. The fourth-order valence-corrected chi connectivity index (χ4v) is 3.10. The smallest absolute Gasteiger partial charge is 0.259 e. The van der Waals surface area contributed by atoms with E-state index in [2.05, 4.69) is 15.5 Å². The second kappa shape index (κ2) is 7.03. The third kappa shape index (κ3) is 2.92. The van der Waals surface area contributed by atoms with Gasteiger partial charge in [0.05, 0.1) is 23.9 Å². The number of carbonyl (C=O) groups is 1. The van der Waals surface area contributed by atoms with E-state index in [9.17, 15) is 9.90 Å². The van der Waals surface area contributed by atoms with Crippen molar-refractivity contribution in [3.8, 4) is 22.9 Å². The molecule has 2 aromatic heterocycles. The molecule has 1 amide bonds. The van der Waals surface area contributed by atoms with Crippen molar-refractivity contribution in [3.05, 3.63) is 71.9 Å². The normalized spacial score (nSPS) is 10.8. The standard InChI is InChI=1S/C21H18N4O3/c1-13-7-5-10-16(26)18(13)22-21(27)15-9-6-12-25-19(23-24-20(15)25)14-8-3-4-11-17(14)28-2/h3-12,26H,1-2H3,(H,22,27). The van der Waals surface area contributed by atoms with Crippen molar-refractivity contribution >= 4 is 17.2 Å². The number of hydrogen-bond donors (Lipinski definition) is 2. The molecule has 0 unspecified atom stereocenters. The lowest BCUT2D eigenvalue weighted by atomic mass is 10.1. The van der Waals surface area contributed by atoms with Crippen LogP contribution in [0.5, 0.6) is 11.5 Å². The largest absolute Gasteiger partial charge is 0.506 e. The van der Waals surface area contributed by atoms with Crippen molar-refractivity contribution in [3.63, 3.8) is 0 Å². The Morgan fingerprint density at radius 1 is 1.07 bits per heavy atom. The van der Waals surface area contributed by atoms with E-state index in [0.29, 0.717) is 28.5 Å². The summed E-state index contributed by atoms with van der Waals surface area (Å²) in [6.07, 6.45) is 1.79. The SMILES string of the molecule is COc1ccccc1-c1nnc2c(C(=O)Nc3c(C)cccc3O)cccn12. The maximum atomic E-state index is 12.9. The first kappa shape index (κ1) is 17.5. The van der Waals surface area contributed by atoms with Crippen molar-refractivity contribution in [2.45, 2.75) is 6.92 Å². The average molecular weight is 374 g/mol. The van der Waals surface area contributed by atoms with Gasteiger partial charge in [0.1, 0.15) is 11.5 Å². The first-order chi connectivity index (χ1) is 13.6. The number of ether oxygens (including phenoxy) is 1. The lowest BCUT2D eigenvalue weighted by molar-refractivity contribution is 0.102. The summed E-state index contributed by atoms with van der Waals surface area (Å²) in [6.45, 7) is 1.81. The van der Waals surface area contributed by atoms with E-state index in [-0.39, 0.29) is 11.7 Å². The predicted molar refractivity (Wildman–Crippen MR) is 106 cm³/mol. The number of pyridine rings is 1. The summed E-state index contributed by atoms with van der Waals surface area (Å²) < 4.78 is 7.15. The minimum absolute atomic E-state index is 0.0106. The average Bonchev–Trinajstić information content (AvgIpc) is 3.14. The molecule has 2 aromatic carbocycles. The number of anilines is 1. The third-order valence-corrected chi connectivity index (χ3v) is 4.52. The van der Waals surface area contributed by atoms with Crippen LogP contribution in [0.3, 0.4) is 0 Å². The molecule has 2 heterocycles. The Morgan fingerprint density at radius 2 is 1.89 bits per heavy atom. The first-order valence-electron chi connectivity index (χ1n) is 8.67. The van der Waals surface area contributed by atoms with Crippen LogP contribution in [-0.4, -0.2) is 32.7 Å². The molecule has 0 bridgehead atoms. The number of para-hydroxylation sites is 2.